The smallest absolute Gasteiger partial charge is 0.251 e. The average molecular weight is 528 g/mol. The molecule has 202 valence electrons. The third-order valence-electron chi connectivity index (χ3n) is 6.20. The van der Waals surface area contributed by atoms with E-state index in [-0.39, 0.29) is 12.5 Å². The van der Waals surface area contributed by atoms with Crippen molar-refractivity contribution in [2.45, 2.75) is 39.8 Å². The van der Waals surface area contributed by atoms with Gasteiger partial charge >= 0.3 is 0 Å². The number of hydrogen-bond donors (Lipinski definition) is 1. The van der Waals surface area contributed by atoms with Gasteiger partial charge in [-0.1, -0.05) is 55.8 Å². The maximum absolute atomic E-state index is 14.0. The van der Waals surface area contributed by atoms with E-state index >= 15 is 0 Å². The molecule has 1 N–H and O–H groups in total. The second-order valence-electron chi connectivity index (χ2n) is 9.60. The third kappa shape index (κ3) is 6.84. The Hall–Kier alpha value is -4.60. The maximum Gasteiger partial charge on any atom is 0.251 e. The molecule has 0 spiro atoms. The van der Waals surface area contributed by atoms with Crippen molar-refractivity contribution in [2.75, 3.05) is 18.6 Å². The molecule has 2 aromatic heterocycles. The Bertz CT molecular complexity index is 1390. The van der Waals surface area contributed by atoms with Gasteiger partial charge in [-0.2, -0.15) is 4.80 Å². The van der Waals surface area contributed by atoms with Gasteiger partial charge in [0.15, 0.2) is 0 Å². The summed E-state index contributed by atoms with van der Waals surface area (Å²) < 4.78 is 5.59. The highest BCUT2D eigenvalue weighted by molar-refractivity contribution is 6.02. The minimum atomic E-state index is -0.982. The molecular formula is C29H33N7O3. The highest BCUT2D eigenvalue weighted by atomic mass is 16.5. The molecule has 4 rings (SSSR count). The van der Waals surface area contributed by atoms with E-state index in [1.165, 1.54) is 16.8 Å². The van der Waals surface area contributed by atoms with Crippen molar-refractivity contribution in [1.29, 1.82) is 0 Å². The lowest BCUT2D eigenvalue weighted by Crippen LogP contribution is -2.45. The van der Waals surface area contributed by atoms with Gasteiger partial charge in [-0.05, 0) is 54.3 Å². The first-order chi connectivity index (χ1) is 18.9. The first kappa shape index (κ1) is 27.4. The maximum atomic E-state index is 14.0. The van der Waals surface area contributed by atoms with Crippen molar-refractivity contribution in [2.24, 2.45) is 5.92 Å². The van der Waals surface area contributed by atoms with Crippen LogP contribution in [0.2, 0.25) is 0 Å². The fourth-order valence-electron chi connectivity index (χ4n) is 4.12. The lowest BCUT2D eigenvalue weighted by atomic mass is 10.0. The molecule has 10 nitrogen and oxygen atoms in total. The zero-order valence-corrected chi connectivity index (χ0v) is 22.6. The predicted molar refractivity (Wildman–Crippen MR) is 148 cm³/mol. The molecule has 0 aliphatic heterocycles. The summed E-state index contributed by atoms with van der Waals surface area (Å²) in [6.07, 6.45) is 4.00. The summed E-state index contributed by atoms with van der Waals surface area (Å²) in [5.41, 5.74) is 2.96. The van der Waals surface area contributed by atoms with E-state index in [0.717, 1.165) is 17.5 Å². The Morgan fingerprint density at radius 2 is 1.74 bits per heavy atom. The third-order valence-corrected chi connectivity index (χ3v) is 6.20. The first-order valence-corrected chi connectivity index (χ1v) is 12.8. The van der Waals surface area contributed by atoms with Gasteiger partial charge in [-0.15, -0.1) is 10.2 Å². The van der Waals surface area contributed by atoms with E-state index in [2.05, 4.69) is 39.6 Å². The van der Waals surface area contributed by atoms with E-state index in [1.807, 2.05) is 37.3 Å². The Labute approximate surface area is 228 Å². The molecule has 0 fully saturated rings. The molecular weight excluding hydrogens is 494 g/mol. The van der Waals surface area contributed by atoms with Gasteiger partial charge in [0.25, 0.3) is 5.91 Å². The molecule has 10 heteroatoms. The van der Waals surface area contributed by atoms with Crippen LogP contribution in [0.3, 0.4) is 0 Å². The summed E-state index contributed by atoms with van der Waals surface area (Å²) in [5, 5.41) is 15.7. The summed E-state index contributed by atoms with van der Waals surface area (Å²) in [7, 11) is 1.53. The van der Waals surface area contributed by atoms with E-state index < -0.39 is 11.9 Å². The van der Waals surface area contributed by atoms with E-state index in [4.69, 9.17) is 4.74 Å². The van der Waals surface area contributed by atoms with E-state index in [9.17, 15) is 9.59 Å². The summed E-state index contributed by atoms with van der Waals surface area (Å²) in [4.78, 5) is 34.5. The number of tetrazole rings is 1. The summed E-state index contributed by atoms with van der Waals surface area (Å²) >= 11 is 0. The standard InChI is InChI=1S/C29H33N7O3/c1-20(2)13-18-31-29(38)27(22-14-16-30-17-15-22)36(24-7-5-6-8-25(24)39-4)26(37)19-35-33-28(32-34-35)23-11-9-21(3)10-12-23/h5-12,14-17,20,27H,13,18-19H2,1-4H3,(H,31,38). The lowest BCUT2D eigenvalue weighted by Gasteiger charge is -2.32. The highest BCUT2D eigenvalue weighted by Crippen LogP contribution is 2.35. The normalized spacial score (nSPS) is 11.7. The number of para-hydroxylation sites is 2. The van der Waals surface area contributed by atoms with Gasteiger partial charge in [0.2, 0.25) is 11.7 Å². The Balaban J connectivity index is 1.71. The number of benzene rings is 2. The molecule has 0 radical (unpaired) electrons. The molecule has 2 aromatic carbocycles. The number of methoxy groups -OCH3 is 1. The van der Waals surface area contributed by atoms with E-state index in [0.29, 0.717) is 35.3 Å². The van der Waals surface area contributed by atoms with Crippen LogP contribution in [0.5, 0.6) is 5.75 Å². The number of rotatable bonds is 11. The molecule has 1 atom stereocenters. The molecule has 2 amide bonds. The second kappa shape index (κ2) is 12.8. The molecule has 0 aliphatic rings. The van der Waals surface area contributed by atoms with Crippen LogP contribution in [-0.4, -0.2) is 50.7 Å². The molecule has 0 saturated heterocycles. The van der Waals surface area contributed by atoms with Crippen LogP contribution in [0, 0.1) is 12.8 Å². The molecule has 4 aromatic rings. The topological polar surface area (TPSA) is 115 Å². The minimum Gasteiger partial charge on any atom is -0.495 e. The summed E-state index contributed by atoms with van der Waals surface area (Å²) in [6, 6.07) is 17.3. The number of carbonyl (C=O) groups is 2. The molecule has 2 heterocycles. The zero-order chi connectivity index (χ0) is 27.8. The van der Waals surface area contributed by atoms with Crippen molar-refractivity contribution in [3.05, 3.63) is 84.2 Å². The average Bonchev–Trinajstić information content (AvgIpc) is 3.40. The lowest BCUT2D eigenvalue weighted by molar-refractivity contribution is -0.127. The molecule has 0 bridgehead atoms. The van der Waals surface area contributed by atoms with Crippen molar-refractivity contribution in [1.82, 2.24) is 30.5 Å². The van der Waals surface area contributed by atoms with Crippen LogP contribution in [0.4, 0.5) is 5.69 Å². The number of pyridine rings is 1. The van der Waals surface area contributed by atoms with Crippen LogP contribution in [0.15, 0.2) is 73.1 Å². The fourth-order valence-corrected chi connectivity index (χ4v) is 4.12. The SMILES string of the molecule is COc1ccccc1N(C(=O)Cn1nnc(-c2ccc(C)cc2)n1)C(C(=O)NCCC(C)C)c1ccncc1. The van der Waals surface area contributed by atoms with Gasteiger partial charge in [-0.3, -0.25) is 19.5 Å². The van der Waals surface area contributed by atoms with Crippen LogP contribution < -0.4 is 15.0 Å². The zero-order valence-electron chi connectivity index (χ0n) is 22.6. The Morgan fingerprint density at radius 1 is 1.03 bits per heavy atom. The highest BCUT2D eigenvalue weighted by Gasteiger charge is 2.34. The van der Waals surface area contributed by atoms with Crippen LogP contribution in [0.1, 0.15) is 37.4 Å². The monoisotopic (exact) mass is 527 g/mol. The number of amides is 2. The predicted octanol–water partition coefficient (Wildman–Crippen LogP) is 3.99. The van der Waals surface area contributed by atoms with E-state index in [1.54, 1.807) is 42.7 Å². The van der Waals surface area contributed by atoms with Gasteiger partial charge in [0.1, 0.15) is 18.3 Å². The quantitative estimate of drug-likeness (QED) is 0.314. The molecule has 0 saturated carbocycles. The number of ether oxygens (including phenoxy) is 1. The Morgan fingerprint density at radius 3 is 2.44 bits per heavy atom. The Kier molecular flexibility index (Phi) is 8.98. The number of nitrogens with one attached hydrogen (secondary N) is 1. The number of aryl methyl sites for hydroxylation is 1. The number of nitrogens with zero attached hydrogens (tertiary/aromatic N) is 6. The van der Waals surface area contributed by atoms with Crippen molar-refractivity contribution in [3.8, 4) is 17.1 Å². The number of aromatic nitrogens is 5. The van der Waals surface area contributed by atoms with Crippen LogP contribution in [0.25, 0.3) is 11.4 Å². The van der Waals surface area contributed by atoms with Crippen LogP contribution in [-0.2, 0) is 16.1 Å². The number of hydrogen-bond acceptors (Lipinski definition) is 7. The minimum absolute atomic E-state index is 0.238. The van der Waals surface area contributed by atoms with Gasteiger partial charge in [-0.25, -0.2) is 0 Å². The molecule has 39 heavy (non-hydrogen) atoms. The number of anilines is 1. The van der Waals surface area contributed by atoms with Crippen LogP contribution >= 0.6 is 0 Å². The van der Waals surface area contributed by atoms with Gasteiger partial charge < -0.3 is 10.1 Å². The summed E-state index contributed by atoms with van der Waals surface area (Å²) in [5.74, 6) is 0.550. The van der Waals surface area contributed by atoms with Crippen molar-refractivity contribution in [3.63, 3.8) is 0 Å². The fraction of sp³-hybridized carbons (Fsp3) is 0.310. The summed E-state index contributed by atoms with van der Waals surface area (Å²) in [6.45, 7) is 6.42. The van der Waals surface area contributed by atoms with Crippen molar-refractivity contribution >= 4 is 17.5 Å². The van der Waals surface area contributed by atoms with Gasteiger partial charge in [0.05, 0.1) is 12.8 Å². The van der Waals surface area contributed by atoms with Crippen molar-refractivity contribution < 1.29 is 14.3 Å². The largest absolute Gasteiger partial charge is 0.495 e. The first-order valence-electron chi connectivity index (χ1n) is 12.8. The second-order valence-corrected chi connectivity index (χ2v) is 9.60. The molecule has 0 aliphatic carbocycles. The van der Waals surface area contributed by atoms with Gasteiger partial charge in [0, 0.05) is 24.5 Å². The molecule has 1 unspecified atom stereocenters. The number of carbonyl (C=O) groups excluding carboxylic acids is 2.